The van der Waals surface area contributed by atoms with Gasteiger partial charge in [0.1, 0.15) is 11.5 Å². The highest BCUT2D eigenvalue weighted by molar-refractivity contribution is 5.62. The van der Waals surface area contributed by atoms with Gasteiger partial charge in [-0.2, -0.15) is 0 Å². The van der Waals surface area contributed by atoms with Crippen molar-refractivity contribution in [1.29, 1.82) is 0 Å². The molecular formula is C14H22N2O2. The van der Waals surface area contributed by atoms with Crippen LogP contribution in [0.5, 0.6) is 11.5 Å². The summed E-state index contributed by atoms with van der Waals surface area (Å²) < 4.78 is 10.7. The normalized spacial score (nSPS) is 23.9. The third kappa shape index (κ3) is 2.70. The molecule has 0 spiro atoms. The number of hydrogen-bond donors (Lipinski definition) is 1. The quantitative estimate of drug-likeness (QED) is 0.891. The largest absolute Gasteiger partial charge is 0.497 e. The Morgan fingerprint density at radius 3 is 2.67 bits per heavy atom. The van der Waals surface area contributed by atoms with E-state index in [1.807, 2.05) is 18.2 Å². The Hall–Kier alpha value is -1.42. The van der Waals surface area contributed by atoms with Crippen molar-refractivity contribution in [2.75, 3.05) is 32.2 Å². The monoisotopic (exact) mass is 250 g/mol. The van der Waals surface area contributed by atoms with Crippen LogP contribution in [0.4, 0.5) is 5.69 Å². The van der Waals surface area contributed by atoms with Crippen LogP contribution in [0, 0.1) is 0 Å². The predicted octanol–water partition coefficient (Wildman–Crippen LogP) is 2.02. The molecule has 4 heteroatoms. The van der Waals surface area contributed by atoms with Crippen LogP contribution in [0.3, 0.4) is 0 Å². The van der Waals surface area contributed by atoms with E-state index in [1.165, 1.54) is 0 Å². The second-order valence-corrected chi connectivity index (χ2v) is 5.22. The minimum atomic E-state index is -0.133. The summed E-state index contributed by atoms with van der Waals surface area (Å²) in [6.07, 6.45) is 2.17. The number of methoxy groups -OCH3 is 2. The van der Waals surface area contributed by atoms with Gasteiger partial charge in [-0.25, -0.2) is 0 Å². The first-order valence-electron chi connectivity index (χ1n) is 6.31. The van der Waals surface area contributed by atoms with E-state index in [0.717, 1.165) is 43.1 Å². The summed E-state index contributed by atoms with van der Waals surface area (Å²) in [5.41, 5.74) is 7.18. The van der Waals surface area contributed by atoms with Gasteiger partial charge in [0.25, 0.3) is 0 Å². The van der Waals surface area contributed by atoms with Crippen LogP contribution in [0.2, 0.25) is 0 Å². The number of nitrogens with two attached hydrogens (primary N) is 1. The minimum Gasteiger partial charge on any atom is -0.497 e. The lowest BCUT2D eigenvalue weighted by atomic mass is 9.92. The first-order valence-corrected chi connectivity index (χ1v) is 6.31. The zero-order valence-corrected chi connectivity index (χ0v) is 11.4. The molecule has 0 aliphatic carbocycles. The fourth-order valence-corrected chi connectivity index (χ4v) is 2.52. The molecule has 0 bridgehead atoms. The van der Waals surface area contributed by atoms with E-state index in [2.05, 4.69) is 11.8 Å². The molecule has 0 aromatic heterocycles. The standard InChI is InChI=1S/C14H22N2O2/c1-14(15)7-4-8-16(10-14)12-9-11(17-2)5-6-13(12)18-3/h5-6,9H,4,7-8,10,15H2,1-3H3. The van der Waals surface area contributed by atoms with Crippen LogP contribution in [-0.4, -0.2) is 32.8 Å². The Morgan fingerprint density at radius 1 is 1.28 bits per heavy atom. The van der Waals surface area contributed by atoms with Crippen LogP contribution in [-0.2, 0) is 0 Å². The zero-order valence-electron chi connectivity index (χ0n) is 11.4. The lowest BCUT2D eigenvalue weighted by Gasteiger charge is -2.39. The summed E-state index contributed by atoms with van der Waals surface area (Å²) in [7, 11) is 3.37. The molecule has 1 aliphatic heterocycles. The summed E-state index contributed by atoms with van der Waals surface area (Å²) in [6, 6.07) is 5.87. The molecule has 0 radical (unpaired) electrons. The smallest absolute Gasteiger partial charge is 0.142 e. The molecule has 2 rings (SSSR count). The average Bonchev–Trinajstić information content (AvgIpc) is 2.36. The van der Waals surface area contributed by atoms with Crippen molar-refractivity contribution in [3.63, 3.8) is 0 Å². The first kappa shape index (κ1) is 13.0. The maximum atomic E-state index is 6.25. The van der Waals surface area contributed by atoms with Crippen molar-refractivity contribution in [3.8, 4) is 11.5 Å². The Kier molecular flexibility index (Phi) is 3.66. The van der Waals surface area contributed by atoms with E-state index in [1.54, 1.807) is 14.2 Å². The van der Waals surface area contributed by atoms with Crippen LogP contribution < -0.4 is 20.1 Å². The summed E-state index contributed by atoms with van der Waals surface area (Å²) >= 11 is 0. The van der Waals surface area contributed by atoms with E-state index in [9.17, 15) is 0 Å². The molecule has 1 atom stereocenters. The molecule has 1 heterocycles. The van der Waals surface area contributed by atoms with Gasteiger partial charge in [-0.1, -0.05) is 0 Å². The molecule has 0 amide bonds. The summed E-state index contributed by atoms with van der Waals surface area (Å²) in [5, 5.41) is 0. The fourth-order valence-electron chi connectivity index (χ4n) is 2.52. The van der Waals surface area contributed by atoms with Crippen molar-refractivity contribution in [2.45, 2.75) is 25.3 Å². The van der Waals surface area contributed by atoms with E-state index in [4.69, 9.17) is 15.2 Å². The van der Waals surface area contributed by atoms with Crippen LogP contribution in [0.25, 0.3) is 0 Å². The van der Waals surface area contributed by atoms with Crippen molar-refractivity contribution in [3.05, 3.63) is 18.2 Å². The van der Waals surface area contributed by atoms with Gasteiger partial charge in [-0.05, 0) is 31.9 Å². The molecule has 1 saturated heterocycles. The maximum Gasteiger partial charge on any atom is 0.142 e. The van der Waals surface area contributed by atoms with Gasteiger partial charge in [0.15, 0.2) is 0 Å². The Labute approximate surface area is 109 Å². The van der Waals surface area contributed by atoms with Gasteiger partial charge >= 0.3 is 0 Å². The molecule has 100 valence electrons. The van der Waals surface area contributed by atoms with Gasteiger partial charge < -0.3 is 20.1 Å². The number of piperidine rings is 1. The second-order valence-electron chi connectivity index (χ2n) is 5.22. The topological polar surface area (TPSA) is 47.7 Å². The highest BCUT2D eigenvalue weighted by Gasteiger charge is 2.28. The molecular weight excluding hydrogens is 228 g/mol. The molecule has 0 saturated carbocycles. The Balaban J connectivity index is 2.30. The first-order chi connectivity index (χ1) is 8.55. The molecule has 4 nitrogen and oxygen atoms in total. The number of hydrogen-bond acceptors (Lipinski definition) is 4. The highest BCUT2D eigenvalue weighted by Crippen LogP contribution is 2.35. The lowest BCUT2D eigenvalue weighted by Crippen LogP contribution is -2.52. The van der Waals surface area contributed by atoms with E-state index < -0.39 is 0 Å². The van der Waals surface area contributed by atoms with Crippen molar-refractivity contribution in [1.82, 2.24) is 0 Å². The predicted molar refractivity (Wildman–Crippen MR) is 73.6 cm³/mol. The fraction of sp³-hybridized carbons (Fsp3) is 0.571. The number of anilines is 1. The molecule has 1 aromatic rings. The van der Waals surface area contributed by atoms with Crippen molar-refractivity contribution >= 4 is 5.69 Å². The molecule has 1 unspecified atom stereocenters. The van der Waals surface area contributed by atoms with Crippen molar-refractivity contribution in [2.24, 2.45) is 5.73 Å². The number of benzene rings is 1. The Bertz CT molecular complexity index is 418. The molecule has 1 aromatic carbocycles. The van der Waals surface area contributed by atoms with Crippen molar-refractivity contribution < 1.29 is 9.47 Å². The summed E-state index contributed by atoms with van der Waals surface area (Å²) in [6.45, 7) is 3.96. The third-order valence-electron chi connectivity index (χ3n) is 3.45. The van der Waals surface area contributed by atoms with Crippen LogP contribution in [0.1, 0.15) is 19.8 Å². The molecule has 18 heavy (non-hydrogen) atoms. The lowest BCUT2D eigenvalue weighted by molar-refractivity contribution is 0.366. The molecule has 2 N–H and O–H groups in total. The zero-order chi connectivity index (χ0) is 13.2. The number of ether oxygens (including phenoxy) is 2. The minimum absolute atomic E-state index is 0.133. The molecule has 1 aliphatic rings. The van der Waals surface area contributed by atoms with Gasteiger partial charge in [0, 0.05) is 24.7 Å². The van der Waals surface area contributed by atoms with E-state index in [-0.39, 0.29) is 5.54 Å². The summed E-state index contributed by atoms with van der Waals surface area (Å²) in [5.74, 6) is 1.71. The maximum absolute atomic E-state index is 6.25. The second kappa shape index (κ2) is 5.06. The van der Waals surface area contributed by atoms with E-state index >= 15 is 0 Å². The van der Waals surface area contributed by atoms with Crippen LogP contribution >= 0.6 is 0 Å². The number of nitrogens with zero attached hydrogens (tertiary/aromatic N) is 1. The third-order valence-corrected chi connectivity index (χ3v) is 3.45. The highest BCUT2D eigenvalue weighted by atomic mass is 16.5. The summed E-state index contributed by atoms with van der Waals surface area (Å²) in [4.78, 5) is 2.28. The average molecular weight is 250 g/mol. The SMILES string of the molecule is COc1ccc(OC)c(N2CCCC(C)(N)C2)c1. The van der Waals surface area contributed by atoms with Gasteiger partial charge in [0.05, 0.1) is 19.9 Å². The number of rotatable bonds is 3. The van der Waals surface area contributed by atoms with Gasteiger partial charge in [0.2, 0.25) is 0 Å². The van der Waals surface area contributed by atoms with Gasteiger partial charge in [-0.15, -0.1) is 0 Å². The molecule has 1 fully saturated rings. The van der Waals surface area contributed by atoms with E-state index in [0.29, 0.717) is 0 Å². The Morgan fingerprint density at radius 2 is 2.06 bits per heavy atom. The van der Waals surface area contributed by atoms with Crippen LogP contribution in [0.15, 0.2) is 18.2 Å². The van der Waals surface area contributed by atoms with Gasteiger partial charge in [-0.3, -0.25) is 0 Å².